The number of fused-ring (bicyclic) bond motifs is 2. The molecule has 0 atom stereocenters. The van der Waals surface area contributed by atoms with E-state index in [0.717, 1.165) is 33.2 Å². The van der Waals surface area contributed by atoms with Crippen molar-refractivity contribution in [3.05, 3.63) is 83.4 Å². The number of hydrogen-bond donors (Lipinski definition) is 0. The predicted molar refractivity (Wildman–Crippen MR) is 131 cm³/mol. The van der Waals surface area contributed by atoms with Gasteiger partial charge in [-0.05, 0) is 53.8 Å². The summed E-state index contributed by atoms with van der Waals surface area (Å²) in [5.41, 5.74) is 5.18. The molecule has 0 N–H and O–H groups in total. The van der Waals surface area contributed by atoms with Crippen molar-refractivity contribution in [2.75, 3.05) is 30.9 Å². The lowest BCUT2D eigenvalue weighted by molar-refractivity contribution is 0.329. The Labute approximate surface area is 192 Å². The third-order valence-electron chi connectivity index (χ3n) is 6.00. The van der Waals surface area contributed by atoms with Crippen LogP contribution in [0, 0.1) is 5.82 Å². The van der Waals surface area contributed by atoms with E-state index in [9.17, 15) is 4.39 Å². The zero-order chi connectivity index (χ0) is 22.4. The molecule has 1 aliphatic heterocycles. The van der Waals surface area contributed by atoms with Crippen molar-refractivity contribution in [3.63, 3.8) is 0 Å². The zero-order valence-corrected chi connectivity index (χ0v) is 18.9. The lowest BCUT2D eigenvalue weighted by Crippen LogP contribution is -2.46. The first-order chi connectivity index (χ1) is 15.4. The molecule has 7 heteroatoms. The molecule has 0 aliphatic carbocycles. The number of halogens is 2. The molecule has 0 radical (unpaired) electrons. The predicted octanol–water partition coefficient (Wildman–Crippen LogP) is 5.12. The fourth-order valence-electron chi connectivity index (χ4n) is 4.42. The number of rotatable bonds is 4. The van der Waals surface area contributed by atoms with Gasteiger partial charge in [0.1, 0.15) is 11.0 Å². The maximum absolute atomic E-state index is 14.9. The highest BCUT2D eigenvalue weighted by molar-refractivity contribution is 6.72. The Kier molecular flexibility index (Phi) is 5.27. The van der Waals surface area contributed by atoms with Crippen LogP contribution in [0.25, 0.3) is 21.9 Å². The van der Waals surface area contributed by atoms with Crippen LogP contribution in [0.3, 0.4) is 0 Å². The fraction of sp³-hybridized carbons (Fsp3) is 0.160. The lowest BCUT2D eigenvalue weighted by Gasteiger charge is -2.27. The van der Waals surface area contributed by atoms with E-state index in [1.54, 1.807) is 24.4 Å². The van der Waals surface area contributed by atoms with Crippen LogP contribution in [0.5, 0.6) is 0 Å². The first-order valence-electron chi connectivity index (χ1n) is 10.4. The Hall–Kier alpha value is -3.09. The summed E-state index contributed by atoms with van der Waals surface area (Å²) in [6.45, 7) is 0.367. The van der Waals surface area contributed by atoms with Gasteiger partial charge in [0.05, 0.1) is 6.61 Å². The van der Waals surface area contributed by atoms with Gasteiger partial charge in [0, 0.05) is 48.2 Å². The minimum atomic E-state index is -0.328. The molecular formula is C25H22BClFN3O. The number of nitrogens with zero attached hydrogens (tertiary/aromatic N) is 3. The van der Waals surface area contributed by atoms with Crippen molar-refractivity contribution in [2.45, 2.75) is 6.61 Å². The summed E-state index contributed by atoms with van der Waals surface area (Å²) in [4.78, 5) is 8.35. The van der Waals surface area contributed by atoms with E-state index in [1.807, 2.05) is 27.2 Å². The molecule has 4 aromatic rings. The number of benzene rings is 3. The molecule has 2 heterocycles. The average molecular weight is 446 g/mol. The second-order valence-corrected chi connectivity index (χ2v) is 8.61. The SMILES string of the molecule is CN(C)c1cccc2cccc(N(C)B3OCc4cc(F)c(-c5ccc(Cl)nc5)cc43)c12. The Morgan fingerprint density at radius 1 is 1.00 bits per heavy atom. The second-order valence-electron chi connectivity index (χ2n) is 8.22. The molecule has 0 spiro atoms. The van der Waals surface area contributed by atoms with Crippen molar-refractivity contribution in [3.8, 4) is 11.1 Å². The van der Waals surface area contributed by atoms with Crippen LogP contribution in [0.4, 0.5) is 15.8 Å². The standard InChI is InChI=1S/C25H22BClFN3O/c1-30(2)22-8-4-6-16-7-5-9-23(25(16)22)31(3)26-20-13-19(17-10-11-24(27)29-14-17)21(28)12-18(20)15-32-26/h4-14H,15H2,1-3H3. The molecule has 0 saturated carbocycles. The smallest absolute Gasteiger partial charge is 0.409 e. The molecule has 160 valence electrons. The molecule has 1 aliphatic rings. The topological polar surface area (TPSA) is 28.6 Å². The van der Waals surface area contributed by atoms with Crippen LogP contribution in [-0.2, 0) is 11.3 Å². The largest absolute Gasteiger partial charge is 0.452 e. The van der Waals surface area contributed by atoms with Gasteiger partial charge in [-0.1, -0.05) is 41.9 Å². The van der Waals surface area contributed by atoms with Gasteiger partial charge in [-0.25, -0.2) is 9.37 Å². The minimum Gasteiger partial charge on any atom is -0.409 e. The third-order valence-corrected chi connectivity index (χ3v) is 6.23. The Morgan fingerprint density at radius 2 is 1.75 bits per heavy atom. The van der Waals surface area contributed by atoms with E-state index in [0.29, 0.717) is 22.9 Å². The first kappa shape index (κ1) is 20.8. The summed E-state index contributed by atoms with van der Waals surface area (Å²) in [5, 5.41) is 2.69. The van der Waals surface area contributed by atoms with Crippen LogP contribution >= 0.6 is 11.6 Å². The quantitative estimate of drug-likeness (QED) is 0.322. The van der Waals surface area contributed by atoms with Crippen molar-refractivity contribution >= 4 is 46.3 Å². The van der Waals surface area contributed by atoms with Gasteiger partial charge in [-0.15, -0.1) is 0 Å². The van der Waals surface area contributed by atoms with E-state index in [1.165, 1.54) is 0 Å². The molecule has 0 bridgehead atoms. The highest BCUT2D eigenvalue weighted by atomic mass is 35.5. The summed E-state index contributed by atoms with van der Waals surface area (Å²) >= 11 is 5.91. The third kappa shape index (κ3) is 3.50. The van der Waals surface area contributed by atoms with Crippen LogP contribution in [0.15, 0.2) is 66.9 Å². The van der Waals surface area contributed by atoms with Crippen LogP contribution in [-0.4, -0.2) is 33.2 Å². The number of hydrogen-bond acceptors (Lipinski definition) is 4. The summed E-state index contributed by atoms with van der Waals surface area (Å²) in [7, 11) is 5.78. The van der Waals surface area contributed by atoms with Crippen LogP contribution in [0.1, 0.15) is 5.56 Å². The van der Waals surface area contributed by atoms with Gasteiger partial charge < -0.3 is 14.4 Å². The van der Waals surface area contributed by atoms with E-state index < -0.39 is 0 Å². The summed E-state index contributed by atoms with van der Waals surface area (Å²) in [6.07, 6.45) is 1.59. The van der Waals surface area contributed by atoms with Gasteiger partial charge >= 0.3 is 7.05 Å². The molecule has 32 heavy (non-hydrogen) atoms. The minimum absolute atomic E-state index is 0.292. The van der Waals surface area contributed by atoms with Crippen LogP contribution in [0.2, 0.25) is 5.15 Å². The monoisotopic (exact) mass is 445 g/mol. The number of anilines is 2. The lowest BCUT2D eigenvalue weighted by atomic mass is 9.70. The van der Waals surface area contributed by atoms with E-state index >= 15 is 0 Å². The van der Waals surface area contributed by atoms with Gasteiger partial charge in [0.15, 0.2) is 0 Å². The van der Waals surface area contributed by atoms with Crippen molar-refractivity contribution in [1.82, 2.24) is 4.98 Å². The maximum atomic E-state index is 14.9. The molecule has 3 aromatic carbocycles. The van der Waals surface area contributed by atoms with Gasteiger partial charge in [-0.2, -0.15) is 0 Å². The van der Waals surface area contributed by atoms with Crippen molar-refractivity contribution in [1.29, 1.82) is 0 Å². The number of aromatic nitrogens is 1. The fourth-order valence-corrected chi connectivity index (χ4v) is 4.53. The molecule has 0 saturated heterocycles. The second kappa shape index (κ2) is 8.12. The molecule has 5 rings (SSSR count). The van der Waals surface area contributed by atoms with Crippen molar-refractivity contribution in [2.24, 2.45) is 0 Å². The summed E-state index contributed by atoms with van der Waals surface area (Å²) < 4.78 is 21.1. The van der Waals surface area contributed by atoms with Gasteiger partial charge in [0.2, 0.25) is 0 Å². The molecular weight excluding hydrogens is 424 g/mol. The molecule has 0 amide bonds. The molecule has 0 unspecified atom stereocenters. The van der Waals surface area contributed by atoms with E-state index in [4.69, 9.17) is 16.3 Å². The highest BCUT2D eigenvalue weighted by Crippen LogP contribution is 2.35. The van der Waals surface area contributed by atoms with Crippen molar-refractivity contribution < 1.29 is 9.04 Å². The van der Waals surface area contributed by atoms with E-state index in [-0.39, 0.29) is 12.9 Å². The van der Waals surface area contributed by atoms with E-state index in [2.05, 4.69) is 51.1 Å². The normalized spacial score (nSPS) is 12.8. The maximum Gasteiger partial charge on any atom is 0.452 e. The van der Waals surface area contributed by atoms with Gasteiger partial charge in [-0.3, -0.25) is 0 Å². The average Bonchev–Trinajstić information content (AvgIpc) is 3.20. The Bertz CT molecular complexity index is 1310. The highest BCUT2D eigenvalue weighted by Gasteiger charge is 2.35. The number of pyridine rings is 1. The summed E-state index contributed by atoms with van der Waals surface area (Å²) in [5.74, 6) is -0.292. The molecule has 0 fully saturated rings. The first-order valence-corrected chi connectivity index (χ1v) is 10.8. The Morgan fingerprint density at radius 3 is 2.44 bits per heavy atom. The summed E-state index contributed by atoms with van der Waals surface area (Å²) in [6, 6.07) is 19.5. The van der Waals surface area contributed by atoms with Gasteiger partial charge in [0.25, 0.3) is 0 Å². The molecule has 4 nitrogen and oxygen atoms in total. The zero-order valence-electron chi connectivity index (χ0n) is 18.1. The molecule has 1 aromatic heterocycles. The Balaban J connectivity index is 1.61. The van der Waals surface area contributed by atoms with Crippen LogP contribution < -0.4 is 15.2 Å².